The van der Waals surface area contributed by atoms with E-state index in [0.29, 0.717) is 24.6 Å². The van der Waals surface area contributed by atoms with Crippen LogP contribution in [0.5, 0.6) is 0 Å². The van der Waals surface area contributed by atoms with Crippen molar-refractivity contribution in [1.82, 2.24) is 10.2 Å². The summed E-state index contributed by atoms with van der Waals surface area (Å²) in [5.41, 5.74) is 6.65. The third-order valence-electron chi connectivity index (χ3n) is 4.58. The fourth-order valence-electron chi connectivity index (χ4n) is 3.06. The largest absolute Gasteiger partial charge is 0.353 e. The van der Waals surface area contributed by atoms with Crippen molar-refractivity contribution < 1.29 is 9.59 Å². The summed E-state index contributed by atoms with van der Waals surface area (Å²) in [5, 5.41) is 2.92. The predicted octanol–water partition coefficient (Wildman–Crippen LogP) is 1.14. The van der Waals surface area contributed by atoms with E-state index < -0.39 is 0 Å². The zero-order valence-corrected chi connectivity index (χ0v) is 12.7. The lowest BCUT2D eigenvalue weighted by atomic mass is 10.1. The highest BCUT2D eigenvalue weighted by atomic mass is 16.2. The smallest absolute Gasteiger partial charge is 0.254 e. The number of rotatable bonds is 5. The zero-order valence-electron chi connectivity index (χ0n) is 12.7. The Kier molecular flexibility index (Phi) is 4.43. The van der Waals surface area contributed by atoms with E-state index in [1.54, 1.807) is 17.0 Å². The maximum absolute atomic E-state index is 12.5. The van der Waals surface area contributed by atoms with Gasteiger partial charge in [0.15, 0.2) is 0 Å². The van der Waals surface area contributed by atoms with Gasteiger partial charge in [0.1, 0.15) is 6.04 Å². The molecule has 1 heterocycles. The van der Waals surface area contributed by atoms with E-state index in [-0.39, 0.29) is 23.9 Å². The molecule has 1 aliphatic heterocycles. The van der Waals surface area contributed by atoms with Crippen LogP contribution in [-0.2, 0) is 4.79 Å². The van der Waals surface area contributed by atoms with Crippen LogP contribution in [0.25, 0.3) is 0 Å². The van der Waals surface area contributed by atoms with Crippen LogP contribution < -0.4 is 11.1 Å². The number of nitrogens with zero attached hydrogens (tertiary/aromatic N) is 1. The van der Waals surface area contributed by atoms with Gasteiger partial charge in [-0.25, -0.2) is 0 Å². The predicted molar refractivity (Wildman–Crippen MR) is 84.2 cm³/mol. The lowest BCUT2D eigenvalue weighted by Gasteiger charge is -2.24. The summed E-state index contributed by atoms with van der Waals surface area (Å²) in [4.78, 5) is 26.6. The molecule has 1 aromatic rings. The monoisotopic (exact) mass is 301 g/mol. The average molecular weight is 301 g/mol. The van der Waals surface area contributed by atoms with Crippen molar-refractivity contribution >= 4 is 11.8 Å². The van der Waals surface area contributed by atoms with E-state index in [1.807, 2.05) is 18.2 Å². The number of amides is 2. The zero-order chi connectivity index (χ0) is 15.5. The Hall–Kier alpha value is -1.88. The van der Waals surface area contributed by atoms with Crippen molar-refractivity contribution in [3.8, 4) is 0 Å². The standard InChI is InChI=1S/C17H23N3O2/c18-14(12-8-9-12)11-19-16(21)15-7-4-10-20(15)17(22)13-5-2-1-3-6-13/h1-3,5-6,12,14-15H,4,7-11,18H2,(H,19,21). The van der Waals surface area contributed by atoms with Crippen molar-refractivity contribution in [2.75, 3.05) is 13.1 Å². The number of nitrogens with one attached hydrogen (secondary N) is 1. The van der Waals surface area contributed by atoms with Gasteiger partial charge in [-0.05, 0) is 43.7 Å². The normalized spacial score (nSPS) is 22.4. The maximum Gasteiger partial charge on any atom is 0.254 e. The van der Waals surface area contributed by atoms with Crippen LogP contribution >= 0.6 is 0 Å². The van der Waals surface area contributed by atoms with Gasteiger partial charge < -0.3 is 16.0 Å². The summed E-state index contributed by atoms with van der Waals surface area (Å²) in [5.74, 6) is 0.425. The van der Waals surface area contributed by atoms with Gasteiger partial charge in [0.25, 0.3) is 5.91 Å². The van der Waals surface area contributed by atoms with Crippen LogP contribution in [0.3, 0.4) is 0 Å². The lowest BCUT2D eigenvalue weighted by molar-refractivity contribution is -0.124. The van der Waals surface area contributed by atoms with E-state index in [1.165, 1.54) is 12.8 Å². The molecule has 3 rings (SSSR count). The van der Waals surface area contributed by atoms with Gasteiger partial charge in [-0.2, -0.15) is 0 Å². The minimum atomic E-state index is -0.362. The quantitative estimate of drug-likeness (QED) is 0.856. The second-order valence-electron chi connectivity index (χ2n) is 6.27. The molecule has 2 unspecified atom stereocenters. The number of hydrogen-bond acceptors (Lipinski definition) is 3. The summed E-state index contributed by atoms with van der Waals surface area (Å²) in [6, 6.07) is 8.82. The van der Waals surface area contributed by atoms with Crippen molar-refractivity contribution in [2.45, 2.75) is 37.8 Å². The van der Waals surface area contributed by atoms with Gasteiger partial charge in [-0.3, -0.25) is 9.59 Å². The topological polar surface area (TPSA) is 75.4 Å². The molecule has 3 N–H and O–H groups in total. The van der Waals surface area contributed by atoms with Crippen LogP contribution in [-0.4, -0.2) is 41.9 Å². The van der Waals surface area contributed by atoms with Gasteiger partial charge in [-0.15, -0.1) is 0 Å². The second kappa shape index (κ2) is 6.48. The van der Waals surface area contributed by atoms with Crippen molar-refractivity contribution in [3.05, 3.63) is 35.9 Å². The first-order valence-corrected chi connectivity index (χ1v) is 8.06. The molecule has 1 saturated carbocycles. The molecule has 2 amide bonds. The molecule has 2 atom stereocenters. The molecule has 2 aliphatic rings. The molecule has 22 heavy (non-hydrogen) atoms. The van der Waals surface area contributed by atoms with Gasteiger partial charge in [-0.1, -0.05) is 18.2 Å². The summed E-state index contributed by atoms with van der Waals surface area (Å²) in [6.07, 6.45) is 3.92. The first kappa shape index (κ1) is 15.0. The van der Waals surface area contributed by atoms with Gasteiger partial charge >= 0.3 is 0 Å². The first-order chi connectivity index (χ1) is 10.7. The fraction of sp³-hybridized carbons (Fsp3) is 0.529. The number of carbonyl (C=O) groups excluding carboxylic acids is 2. The van der Waals surface area contributed by atoms with Crippen LogP contribution in [0.2, 0.25) is 0 Å². The molecule has 5 nitrogen and oxygen atoms in total. The van der Waals surface area contributed by atoms with Gasteiger partial charge in [0.05, 0.1) is 0 Å². The van der Waals surface area contributed by atoms with E-state index in [9.17, 15) is 9.59 Å². The van der Waals surface area contributed by atoms with Crippen molar-refractivity contribution in [3.63, 3.8) is 0 Å². The number of hydrogen-bond donors (Lipinski definition) is 2. The van der Waals surface area contributed by atoms with Crippen LogP contribution in [0.15, 0.2) is 30.3 Å². The second-order valence-corrected chi connectivity index (χ2v) is 6.27. The molecule has 118 valence electrons. The Bertz CT molecular complexity index is 542. The minimum Gasteiger partial charge on any atom is -0.353 e. The molecule has 1 aromatic carbocycles. The first-order valence-electron chi connectivity index (χ1n) is 8.06. The highest BCUT2D eigenvalue weighted by Gasteiger charge is 2.35. The van der Waals surface area contributed by atoms with E-state index in [2.05, 4.69) is 5.32 Å². The molecule has 1 aliphatic carbocycles. The van der Waals surface area contributed by atoms with Gasteiger partial charge in [0.2, 0.25) is 5.91 Å². The Morgan fingerprint density at radius 1 is 1.23 bits per heavy atom. The molecule has 0 aromatic heterocycles. The van der Waals surface area contributed by atoms with Crippen LogP contribution in [0.1, 0.15) is 36.0 Å². The molecular formula is C17H23N3O2. The summed E-state index contributed by atoms with van der Waals surface area (Å²) >= 11 is 0. The van der Waals surface area contributed by atoms with Crippen LogP contribution in [0, 0.1) is 5.92 Å². The van der Waals surface area contributed by atoms with Crippen molar-refractivity contribution in [1.29, 1.82) is 0 Å². The molecule has 1 saturated heterocycles. The Labute approximate surface area is 130 Å². The van der Waals surface area contributed by atoms with E-state index in [4.69, 9.17) is 5.73 Å². The fourth-order valence-corrected chi connectivity index (χ4v) is 3.06. The number of likely N-dealkylation sites (tertiary alicyclic amines) is 1. The van der Waals surface area contributed by atoms with Gasteiger partial charge in [0, 0.05) is 24.7 Å². The lowest BCUT2D eigenvalue weighted by Crippen LogP contribution is -2.48. The van der Waals surface area contributed by atoms with E-state index in [0.717, 1.165) is 12.8 Å². The molecular weight excluding hydrogens is 278 g/mol. The van der Waals surface area contributed by atoms with E-state index >= 15 is 0 Å². The summed E-state index contributed by atoms with van der Waals surface area (Å²) in [7, 11) is 0. The third-order valence-corrected chi connectivity index (χ3v) is 4.58. The average Bonchev–Trinajstić information content (AvgIpc) is 3.29. The SMILES string of the molecule is NC(CNC(=O)C1CCCN1C(=O)c1ccccc1)C1CC1. The summed E-state index contributed by atoms with van der Waals surface area (Å²) < 4.78 is 0. The Balaban J connectivity index is 1.59. The minimum absolute atomic E-state index is 0.0450. The third kappa shape index (κ3) is 3.30. The molecule has 2 fully saturated rings. The maximum atomic E-state index is 12.5. The number of benzene rings is 1. The highest BCUT2D eigenvalue weighted by molar-refractivity contribution is 5.97. The Morgan fingerprint density at radius 3 is 2.64 bits per heavy atom. The summed E-state index contributed by atoms with van der Waals surface area (Å²) in [6.45, 7) is 1.15. The molecule has 5 heteroatoms. The molecule has 0 spiro atoms. The number of carbonyl (C=O) groups is 2. The molecule has 0 radical (unpaired) electrons. The number of nitrogens with two attached hydrogens (primary N) is 1. The highest BCUT2D eigenvalue weighted by Crippen LogP contribution is 2.31. The Morgan fingerprint density at radius 2 is 1.95 bits per heavy atom. The van der Waals surface area contributed by atoms with Crippen molar-refractivity contribution in [2.24, 2.45) is 11.7 Å². The molecule has 0 bridgehead atoms. The van der Waals surface area contributed by atoms with Crippen LogP contribution in [0.4, 0.5) is 0 Å².